The SMILES string of the molecule is CC(C)(C)n1c2ccccc2c2cc(-c3ccc(-c4cnc5c6ccccc6c6ccccc6c5n4)cc3)ccc21.Cn1c2ccccc2c2cc(-c3ccc(-c4cnc5c6ccccc6c6ccccc6c5n4)cc3)ccc21.c1ccc2c(-n3c4ccccc4c4cc(-c5ccc(-c6cnc7c8ccccc8c8ccccc8c7n6)cc5)ccc43)cccc2c1. The molecule has 9 nitrogen and oxygen atoms in total. The molecule has 0 aliphatic carbocycles. The summed E-state index contributed by atoms with van der Waals surface area (Å²) in [6.45, 7) is 6.81. The van der Waals surface area contributed by atoms with Crippen LogP contribution in [0, 0.1) is 0 Å². The molecule has 0 saturated heterocycles. The molecule has 126 heavy (non-hydrogen) atoms. The Hall–Kier alpha value is -16.4. The highest BCUT2D eigenvalue weighted by Gasteiger charge is 2.24. The van der Waals surface area contributed by atoms with Gasteiger partial charge < -0.3 is 13.7 Å². The Kier molecular flexibility index (Phi) is 17.2. The van der Waals surface area contributed by atoms with Crippen molar-refractivity contribution in [3.63, 3.8) is 0 Å². The Morgan fingerprint density at radius 3 is 0.857 bits per heavy atom. The van der Waals surface area contributed by atoms with Crippen LogP contribution < -0.4 is 0 Å². The van der Waals surface area contributed by atoms with E-state index in [2.05, 4.69) is 430 Å². The van der Waals surface area contributed by atoms with E-state index in [1.165, 1.54) is 148 Å². The molecule has 0 unspecified atom stereocenters. The summed E-state index contributed by atoms with van der Waals surface area (Å²) in [5, 5.41) is 24.2. The summed E-state index contributed by atoms with van der Waals surface area (Å²) in [6.07, 6.45) is 5.72. The Balaban J connectivity index is 0.000000106. The van der Waals surface area contributed by atoms with Gasteiger partial charge in [0, 0.05) is 121 Å². The van der Waals surface area contributed by atoms with E-state index in [1.807, 2.05) is 18.6 Å². The monoisotopic (exact) mass is 1610 g/mol. The second-order valence-electron chi connectivity index (χ2n) is 34.0. The molecule has 0 aliphatic rings. The van der Waals surface area contributed by atoms with Crippen LogP contribution in [0.2, 0.25) is 0 Å². The molecule has 0 radical (unpaired) electrons. The third-order valence-corrected chi connectivity index (χ3v) is 25.8. The lowest BCUT2D eigenvalue weighted by molar-refractivity contribution is 0.423. The lowest BCUT2D eigenvalue weighted by Crippen LogP contribution is -2.21. The second kappa shape index (κ2) is 29.5. The number of rotatable bonds is 7. The molecule has 0 fully saturated rings. The first-order valence-electron chi connectivity index (χ1n) is 43.1. The van der Waals surface area contributed by atoms with Crippen molar-refractivity contribution in [2.24, 2.45) is 7.05 Å². The number of fused-ring (bicyclic) bond motifs is 28. The highest BCUT2D eigenvalue weighted by Crippen LogP contribution is 2.44. The van der Waals surface area contributed by atoms with E-state index in [9.17, 15) is 0 Å². The van der Waals surface area contributed by atoms with Gasteiger partial charge in [-0.2, -0.15) is 0 Å². The predicted molar refractivity (Wildman–Crippen MR) is 530 cm³/mol. The fraction of sp³-hybridized carbons (Fsp3) is 0.0427. The molecule has 26 aromatic rings. The van der Waals surface area contributed by atoms with Crippen molar-refractivity contribution in [3.05, 3.63) is 407 Å². The molecule has 6 heterocycles. The summed E-state index contributed by atoms with van der Waals surface area (Å²) < 4.78 is 7.13. The molecule has 0 amide bonds. The van der Waals surface area contributed by atoms with Gasteiger partial charge >= 0.3 is 0 Å². The fourth-order valence-electron chi connectivity index (χ4n) is 19.8. The summed E-state index contributed by atoms with van der Waals surface area (Å²) in [6, 6.07) is 139. The lowest BCUT2D eigenvalue weighted by atomic mass is 9.99. The van der Waals surface area contributed by atoms with Crippen molar-refractivity contribution in [1.82, 2.24) is 43.6 Å². The minimum atomic E-state index is -0.0109. The zero-order chi connectivity index (χ0) is 83.8. The number of aryl methyl sites for hydroxylation is 1. The Morgan fingerprint density at radius 1 is 0.198 bits per heavy atom. The first-order chi connectivity index (χ1) is 62.0. The third-order valence-electron chi connectivity index (χ3n) is 25.8. The highest BCUT2D eigenvalue weighted by atomic mass is 15.0. The predicted octanol–water partition coefficient (Wildman–Crippen LogP) is 30.6. The molecule has 6 aromatic heterocycles. The molecule has 592 valence electrons. The summed E-state index contributed by atoms with van der Waals surface area (Å²) in [7, 11) is 2.13. The van der Waals surface area contributed by atoms with Crippen LogP contribution in [0.15, 0.2) is 407 Å². The zero-order valence-electron chi connectivity index (χ0n) is 69.7. The zero-order valence-corrected chi connectivity index (χ0v) is 69.7. The van der Waals surface area contributed by atoms with Gasteiger partial charge in [0.2, 0.25) is 0 Å². The third kappa shape index (κ3) is 12.1. The molecular formula is C117H79N9. The minimum absolute atomic E-state index is 0.0109. The maximum absolute atomic E-state index is 5.19. The summed E-state index contributed by atoms with van der Waals surface area (Å²) in [5.41, 5.74) is 27.3. The standard InChI is InChI=1S/C44H27N3.C38H29N3.C35H23N3/c1-2-12-32-29(10-1)11-9-19-40(32)47-41-18-8-7-15-35(41)38-26-31(24-25-42(38)47)28-20-22-30(23-21-28)39-27-45-43-36-16-5-3-13-33(36)34-14-4-6-17-37(34)44(43)46-39;1-38(2,3)41-34-15-9-8-12-29(34)32-22-26(20-21-35(32)41)24-16-18-25(19-17-24)33-23-39-36-30-13-6-4-10-27(30)28-11-5-7-14-31(28)37(36)40-33;1-38-32-13-7-6-10-27(32)30-20-24(18-19-33(30)38)22-14-16-23(17-15-22)31-21-36-34-28-11-4-2-8-25(28)26-9-3-5-12-29(26)35(34)37-31/h1-27H;4-23H,1-3H3;2-21H,1H3. The smallest absolute Gasteiger partial charge is 0.0979 e. The van der Waals surface area contributed by atoms with Gasteiger partial charge in [-0.1, -0.05) is 328 Å². The minimum Gasteiger partial charge on any atom is -0.344 e. The number of hydrogen-bond donors (Lipinski definition) is 0. The van der Waals surface area contributed by atoms with Gasteiger partial charge in [-0.15, -0.1) is 0 Å². The first kappa shape index (κ1) is 73.6. The van der Waals surface area contributed by atoms with Crippen molar-refractivity contribution in [3.8, 4) is 72.8 Å². The van der Waals surface area contributed by atoms with Crippen LogP contribution in [0.25, 0.3) is 247 Å². The van der Waals surface area contributed by atoms with Crippen LogP contribution in [0.1, 0.15) is 20.8 Å². The first-order valence-corrected chi connectivity index (χ1v) is 43.1. The molecule has 0 atom stereocenters. The normalized spacial score (nSPS) is 12.0. The molecule has 0 N–H and O–H groups in total. The Bertz CT molecular complexity index is 8850. The average molecular weight is 1610 g/mol. The summed E-state index contributed by atoms with van der Waals surface area (Å²) in [5.74, 6) is 0. The van der Waals surface area contributed by atoms with Gasteiger partial charge in [-0.25, -0.2) is 15.0 Å². The van der Waals surface area contributed by atoms with Crippen molar-refractivity contribution in [2.75, 3.05) is 0 Å². The van der Waals surface area contributed by atoms with Gasteiger partial charge in [0.25, 0.3) is 0 Å². The van der Waals surface area contributed by atoms with Gasteiger partial charge in [-0.05, 0) is 153 Å². The van der Waals surface area contributed by atoms with E-state index >= 15 is 0 Å². The van der Waals surface area contributed by atoms with Crippen LogP contribution in [0.3, 0.4) is 0 Å². The topological polar surface area (TPSA) is 92.1 Å². The number of benzene rings is 20. The van der Waals surface area contributed by atoms with E-state index < -0.39 is 0 Å². The van der Waals surface area contributed by atoms with Crippen molar-refractivity contribution < 1.29 is 0 Å². The molecule has 26 rings (SSSR count). The molecular weight excluding hydrogens is 1530 g/mol. The van der Waals surface area contributed by atoms with Crippen LogP contribution in [-0.2, 0) is 12.6 Å². The quantitative estimate of drug-likeness (QED) is 0.148. The molecule has 9 heteroatoms. The Morgan fingerprint density at radius 2 is 0.452 bits per heavy atom. The number of nitrogens with zero attached hydrogens (tertiary/aromatic N) is 9. The Labute approximate surface area is 725 Å². The maximum Gasteiger partial charge on any atom is 0.0979 e. The van der Waals surface area contributed by atoms with Gasteiger partial charge in [0.1, 0.15) is 0 Å². The molecule has 20 aromatic carbocycles. The number of hydrogen-bond acceptors (Lipinski definition) is 6. The van der Waals surface area contributed by atoms with Crippen LogP contribution >= 0.6 is 0 Å². The number of aromatic nitrogens is 9. The van der Waals surface area contributed by atoms with Crippen LogP contribution in [0.5, 0.6) is 0 Å². The van der Waals surface area contributed by atoms with E-state index in [4.69, 9.17) is 29.9 Å². The average Bonchev–Trinajstić information content (AvgIpc) is 1.02. The van der Waals surface area contributed by atoms with E-state index in [-0.39, 0.29) is 5.54 Å². The van der Waals surface area contributed by atoms with Crippen LogP contribution in [0.4, 0.5) is 0 Å². The highest BCUT2D eigenvalue weighted by molar-refractivity contribution is 6.26. The summed E-state index contributed by atoms with van der Waals surface area (Å²) >= 11 is 0. The second-order valence-corrected chi connectivity index (χ2v) is 34.0. The van der Waals surface area contributed by atoms with E-state index in [0.29, 0.717) is 0 Å². The van der Waals surface area contributed by atoms with Gasteiger partial charge in [0.05, 0.1) is 85.5 Å². The van der Waals surface area contributed by atoms with Gasteiger partial charge in [-0.3, -0.25) is 15.0 Å². The van der Waals surface area contributed by atoms with E-state index in [1.54, 1.807) is 0 Å². The van der Waals surface area contributed by atoms with Crippen LogP contribution in [-0.4, -0.2) is 43.6 Å². The molecule has 0 bridgehead atoms. The van der Waals surface area contributed by atoms with Gasteiger partial charge in [0.15, 0.2) is 0 Å². The van der Waals surface area contributed by atoms with Crippen molar-refractivity contribution in [2.45, 2.75) is 26.3 Å². The van der Waals surface area contributed by atoms with E-state index in [0.717, 1.165) is 99.2 Å². The lowest BCUT2D eigenvalue weighted by Gasteiger charge is -2.24. The number of para-hydroxylation sites is 3. The fourth-order valence-corrected chi connectivity index (χ4v) is 19.8. The molecule has 0 spiro atoms. The maximum atomic E-state index is 5.19. The van der Waals surface area contributed by atoms with Crippen molar-refractivity contribution in [1.29, 1.82) is 0 Å². The van der Waals surface area contributed by atoms with Crippen molar-refractivity contribution >= 4 is 174 Å². The molecule has 0 aliphatic heterocycles. The molecule has 0 saturated carbocycles. The largest absolute Gasteiger partial charge is 0.344 e. The summed E-state index contributed by atoms with van der Waals surface area (Å²) in [4.78, 5) is 30.3.